The van der Waals surface area contributed by atoms with Gasteiger partial charge < -0.3 is 10.0 Å². The van der Waals surface area contributed by atoms with Crippen LogP contribution in [0.5, 0.6) is 0 Å². The zero-order valence-electron chi connectivity index (χ0n) is 11.1. The monoisotopic (exact) mass is 304 g/mol. The van der Waals surface area contributed by atoms with Crippen LogP contribution in [-0.2, 0) is 11.3 Å². The number of hydrogen-bond acceptors (Lipinski definition) is 3. The highest BCUT2D eigenvalue weighted by Gasteiger charge is 2.14. The number of aliphatic carboxylic acids is 1. The Hall–Kier alpha value is -0.810. The van der Waals surface area contributed by atoms with Crippen LogP contribution in [0.25, 0.3) is 0 Å². The number of carboxylic acids is 1. The van der Waals surface area contributed by atoms with Gasteiger partial charge in [0.05, 0.1) is 6.54 Å². The largest absolute Gasteiger partial charge is 0.480 e. The Kier molecular flexibility index (Phi) is 6.58. The summed E-state index contributed by atoms with van der Waals surface area (Å²) in [6, 6.07) is 5.29. The summed E-state index contributed by atoms with van der Waals surface area (Å²) in [6.07, 6.45) is 0. The van der Waals surface area contributed by atoms with Crippen LogP contribution in [0.1, 0.15) is 5.56 Å². The normalized spacial score (nSPS) is 11.3. The first-order chi connectivity index (χ1) is 8.90. The molecule has 0 fully saturated rings. The molecule has 0 bridgehead atoms. The van der Waals surface area contributed by atoms with Gasteiger partial charge in [0.15, 0.2) is 0 Å². The Balaban J connectivity index is 2.78. The van der Waals surface area contributed by atoms with E-state index in [2.05, 4.69) is 0 Å². The molecule has 0 unspecified atom stereocenters. The van der Waals surface area contributed by atoms with Gasteiger partial charge in [-0.05, 0) is 26.2 Å². The fraction of sp³-hybridized carbons (Fsp3) is 0.462. The van der Waals surface area contributed by atoms with E-state index in [1.165, 1.54) is 0 Å². The van der Waals surface area contributed by atoms with Crippen LogP contribution in [0.15, 0.2) is 18.2 Å². The molecular weight excluding hydrogens is 287 g/mol. The lowest BCUT2D eigenvalue weighted by Crippen LogP contribution is -2.35. The van der Waals surface area contributed by atoms with E-state index in [9.17, 15) is 4.79 Å². The van der Waals surface area contributed by atoms with Crippen molar-refractivity contribution >= 4 is 29.2 Å². The maximum Gasteiger partial charge on any atom is 0.317 e. The lowest BCUT2D eigenvalue weighted by Gasteiger charge is -2.23. The smallest absolute Gasteiger partial charge is 0.317 e. The second-order valence-electron chi connectivity index (χ2n) is 4.61. The first kappa shape index (κ1) is 16.2. The second-order valence-corrected chi connectivity index (χ2v) is 5.42. The summed E-state index contributed by atoms with van der Waals surface area (Å²) in [7, 11) is 3.89. The average Bonchev–Trinajstić information content (AvgIpc) is 2.30. The summed E-state index contributed by atoms with van der Waals surface area (Å²) >= 11 is 12.2. The zero-order chi connectivity index (χ0) is 14.4. The van der Waals surface area contributed by atoms with Crippen molar-refractivity contribution in [1.82, 2.24) is 9.80 Å². The second kappa shape index (κ2) is 7.70. The van der Waals surface area contributed by atoms with E-state index in [0.717, 1.165) is 12.1 Å². The molecule has 0 saturated carbocycles. The number of carbonyl (C=O) groups is 1. The summed E-state index contributed by atoms with van der Waals surface area (Å²) in [5.41, 5.74) is 0.769. The molecule has 1 aromatic rings. The molecule has 0 atom stereocenters. The van der Waals surface area contributed by atoms with Crippen molar-refractivity contribution in [2.45, 2.75) is 6.54 Å². The zero-order valence-corrected chi connectivity index (χ0v) is 12.6. The Morgan fingerprint density at radius 1 is 1.21 bits per heavy atom. The van der Waals surface area contributed by atoms with Crippen molar-refractivity contribution in [3.63, 3.8) is 0 Å². The molecule has 0 spiro atoms. The summed E-state index contributed by atoms with van der Waals surface area (Å²) in [6.45, 7) is 1.81. The summed E-state index contributed by atoms with van der Waals surface area (Å²) in [4.78, 5) is 14.7. The molecule has 1 rings (SSSR count). The molecule has 0 heterocycles. The van der Waals surface area contributed by atoms with Crippen LogP contribution in [0, 0.1) is 0 Å². The molecule has 0 radical (unpaired) electrons. The lowest BCUT2D eigenvalue weighted by molar-refractivity contribution is -0.138. The summed E-state index contributed by atoms with van der Waals surface area (Å²) < 4.78 is 0. The van der Waals surface area contributed by atoms with Crippen LogP contribution >= 0.6 is 23.2 Å². The summed E-state index contributed by atoms with van der Waals surface area (Å²) in [5, 5.41) is 10.1. The predicted molar refractivity (Wildman–Crippen MR) is 77.9 cm³/mol. The van der Waals surface area contributed by atoms with Gasteiger partial charge >= 0.3 is 5.97 Å². The molecule has 106 valence electrons. The molecule has 19 heavy (non-hydrogen) atoms. The minimum Gasteiger partial charge on any atom is -0.480 e. The van der Waals surface area contributed by atoms with Gasteiger partial charge in [-0.3, -0.25) is 9.69 Å². The number of carboxylic acid groups (broad SMARTS) is 1. The third-order valence-corrected chi connectivity index (χ3v) is 3.37. The number of likely N-dealkylation sites (N-methyl/N-ethyl adjacent to an activating group) is 1. The van der Waals surface area contributed by atoms with Crippen LogP contribution in [0.2, 0.25) is 10.0 Å². The quantitative estimate of drug-likeness (QED) is 0.840. The van der Waals surface area contributed by atoms with Crippen molar-refractivity contribution in [2.24, 2.45) is 0 Å². The minimum atomic E-state index is -0.859. The van der Waals surface area contributed by atoms with E-state index in [1.54, 1.807) is 18.2 Å². The van der Waals surface area contributed by atoms with Gasteiger partial charge in [0, 0.05) is 35.2 Å². The molecule has 1 aromatic carbocycles. The van der Waals surface area contributed by atoms with Crippen molar-refractivity contribution in [1.29, 1.82) is 0 Å². The maximum absolute atomic E-state index is 10.9. The molecular formula is C13H18Cl2N2O2. The number of nitrogens with zero attached hydrogens (tertiary/aromatic N) is 2. The fourth-order valence-electron chi connectivity index (χ4n) is 1.65. The number of rotatable bonds is 7. The number of hydrogen-bond donors (Lipinski definition) is 1. The number of halogens is 2. The van der Waals surface area contributed by atoms with Gasteiger partial charge in [0.2, 0.25) is 0 Å². The third-order valence-electron chi connectivity index (χ3n) is 2.67. The van der Waals surface area contributed by atoms with Gasteiger partial charge in [0.1, 0.15) is 0 Å². The fourth-order valence-corrected chi connectivity index (χ4v) is 2.17. The van der Waals surface area contributed by atoms with E-state index in [4.69, 9.17) is 28.3 Å². The molecule has 0 saturated heterocycles. The number of benzene rings is 1. The Bertz CT molecular complexity index is 418. The average molecular weight is 305 g/mol. The molecule has 6 heteroatoms. The predicted octanol–water partition coefficient (Wildman–Crippen LogP) is 2.44. The first-order valence-corrected chi connectivity index (χ1v) is 6.67. The molecule has 1 N–H and O–H groups in total. The van der Waals surface area contributed by atoms with E-state index < -0.39 is 5.97 Å². The SMILES string of the molecule is CN(C)CCN(CC(=O)O)Cc1c(Cl)cccc1Cl. The van der Waals surface area contributed by atoms with E-state index in [1.807, 2.05) is 23.9 Å². The van der Waals surface area contributed by atoms with Crippen LogP contribution in [0.4, 0.5) is 0 Å². The molecule has 4 nitrogen and oxygen atoms in total. The van der Waals surface area contributed by atoms with Gasteiger partial charge in [-0.15, -0.1) is 0 Å². The van der Waals surface area contributed by atoms with Crippen molar-refractivity contribution in [2.75, 3.05) is 33.7 Å². The molecule has 0 aliphatic heterocycles. The highest BCUT2D eigenvalue weighted by Crippen LogP contribution is 2.25. The van der Waals surface area contributed by atoms with E-state index in [0.29, 0.717) is 23.1 Å². The molecule has 0 aromatic heterocycles. The van der Waals surface area contributed by atoms with Crippen LogP contribution in [-0.4, -0.2) is 54.6 Å². The van der Waals surface area contributed by atoms with Gasteiger partial charge in [0.25, 0.3) is 0 Å². The van der Waals surface area contributed by atoms with Gasteiger partial charge in [-0.25, -0.2) is 0 Å². The highest BCUT2D eigenvalue weighted by molar-refractivity contribution is 6.35. The van der Waals surface area contributed by atoms with Gasteiger partial charge in [-0.2, -0.15) is 0 Å². The Morgan fingerprint density at radius 3 is 2.26 bits per heavy atom. The lowest BCUT2D eigenvalue weighted by atomic mass is 10.2. The first-order valence-electron chi connectivity index (χ1n) is 5.92. The van der Waals surface area contributed by atoms with Crippen molar-refractivity contribution in [3.05, 3.63) is 33.8 Å². The third kappa shape index (κ3) is 5.78. The van der Waals surface area contributed by atoms with E-state index in [-0.39, 0.29) is 6.54 Å². The highest BCUT2D eigenvalue weighted by atomic mass is 35.5. The van der Waals surface area contributed by atoms with Crippen molar-refractivity contribution < 1.29 is 9.90 Å². The Labute approximate surface area is 123 Å². The van der Waals surface area contributed by atoms with Gasteiger partial charge in [-0.1, -0.05) is 29.3 Å². The Morgan fingerprint density at radius 2 is 1.79 bits per heavy atom. The standard InChI is InChI=1S/C13H18Cl2N2O2/c1-16(2)6-7-17(9-13(18)19)8-10-11(14)4-3-5-12(10)15/h3-5H,6-9H2,1-2H3,(H,18,19). The molecule has 0 aliphatic carbocycles. The van der Waals surface area contributed by atoms with Crippen LogP contribution < -0.4 is 0 Å². The minimum absolute atomic E-state index is 0.0323. The molecule has 0 amide bonds. The van der Waals surface area contributed by atoms with E-state index >= 15 is 0 Å². The topological polar surface area (TPSA) is 43.8 Å². The summed E-state index contributed by atoms with van der Waals surface area (Å²) in [5.74, 6) is -0.859. The molecule has 0 aliphatic rings. The van der Waals surface area contributed by atoms with Crippen molar-refractivity contribution in [3.8, 4) is 0 Å². The maximum atomic E-state index is 10.9. The van der Waals surface area contributed by atoms with Crippen LogP contribution in [0.3, 0.4) is 0 Å².